The van der Waals surface area contributed by atoms with Crippen LogP contribution in [0.5, 0.6) is 0 Å². The van der Waals surface area contributed by atoms with Gasteiger partial charge in [0, 0.05) is 12.5 Å². The van der Waals surface area contributed by atoms with E-state index in [-0.39, 0.29) is 12.1 Å². The summed E-state index contributed by atoms with van der Waals surface area (Å²) in [5, 5.41) is 0. The van der Waals surface area contributed by atoms with Crippen molar-refractivity contribution in [3.63, 3.8) is 0 Å². The maximum atomic E-state index is 11.3. The number of hydrogen-bond acceptors (Lipinski definition) is 2. The predicted molar refractivity (Wildman–Crippen MR) is 48.4 cm³/mol. The first kappa shape index (κ1) is 9.52. The molecule has 2 unspecified atom stereocenters. The molecule has 0 aromatic heterocycles. The SMILES string of the molecule is CCCC1CCC(=O)N1C(C)N. The lowest BCUT2D eigenvalue weighted by atomic mass is 10.1. The average molecular weight is 170 g/mol. The second-order valence-electron chi connectivity index (χ2n) is 3.52. The second-order valence-corrected chi connectivity index (χ2v) is 3.52. The van der Waals surface area contributed by atoms with Crippen LogP contribution in [0, 0.1) is 0 Å². The summed E-state index contributed by atoms with van der Waals surface area (Å²) < 4.78 is 0. The molecule has 0 aliphatic carbocycles. The van der Waals surface area contributed by atoms with Crippen LogP contribution >= 0.6 is 0 Å². The van der Waals surface area contributed by atoms with E-state index in [0.29, 0.717) is 12.5 Å². The molecular weight excluding hydrogens is 152 g/mol. The Morgan fingerprint density at radius 1 is 1.75 bits per heavy atom. The summed E-state index contributed by atoms with van der Waals surface area (Å²) in [6, 6.07) is 0.405. The smallest absolute Gasteiger partial charge is 0.224 e. The number of rotatable bonds is 3. The largest absolute Gasteiger partial charge is 0.325 e. The van der Waals surface area contributed by atoms with Gasteiger partial charge in [0.05, 0.1) is 6.17 Å². The highest BCUT2D eigenvalue weighted by Crippen LogP contribution is 2.23. The third-order valence-corrected chi connectivity index (χ3v) is 2.43. The zero-order valence-corrected chi connectivity index (χ0v) is 7.92. The maximum Gasteiger partial charge on any atom is 0.224 e. The molecule has 0 aromatic carbocycles. The van der Waals surface area contributed by atoms with Crippen molar-refractivity contribution in [1.29, 1.82) is 0 Å². The number of nitrogens with two attached hydrogens (primary N) is 1. The molecule has 12 heavy (non-hydrogen) atoms. The summed E-state index contributed by atoms with van der Waals surface area (Å²) in [7, 11) is 0. The minimum atomic E-state index is -0.114. The third-order valence-electron chi connectivity index (χ3n) is 2.43. The molecule has 1 heterocycles. The average Bonchev–Trinajstić information content (AvgIpc) is 2.32. The highest BCUT2D eigenvalue weighted by atomic mass is 16.2. The first-order chi connectivity index (χ1) is 5.66. The van der Waals surface area contributed by atoms with Crippen LogP contribution in [0.4, 0.5) is 0 Å². The number of carbonyl (C=O) groups excluding carboxylic acids is 1. The number of hydrogen-bond donors (Lipinski definition) is 1. The van der Waals surface area contributed by atoms with Gasteiger partial charge in [-0.2, -0.15) is 0 Å². The molecule has 0 aromatic rings. The number of amides is 1. The molecule has 1 aliphatic heterocycles. The molecule has 0 radical (unpaired) electrons. The molecule has 1 rings (SSSR count). The Balaban J connectivity index is 2.57. The molecule has 0 bridgehead atoms. The molecule has 1 amide bonds. The van der Waals surface area contributed by atoms with Crippen molar-refractivity contribution >= 4 is 5.91 Å². The van der Waals surface area contributed by atoms with Gasteiger partial charge in [0.15, 0.2) is 0 Å². The summed E-state index contributed by atoms with van der Waals surface area (Å²) in [4.78, 5) is 13.2. The van der Waals surface area contributed by atoms with Crippen LogP contribution in [0.25, 0.3) is 0 Å². The van der Waals surface area contributed by atoms with Crippen LogP contribution in [0.1, 0.15) is 39.5 Å². The lowest BCUT2D eigenvalue weighted by Crippen LogP contribution is -2.45. The van der Waals surface area contributed by atoms with Crippen LogP contribution in [-0.4, -0.2) is 23.0 Å². The highest BCUT2D eigenvalue weighted by Gasteiger charge is 2.31. The Morgan fingerprint density at radius 2 is 2.42 bits per heavy atom. The lowest BCUT2D eigenvalue weighted by Gasteiger charge is -2.28. The number of nitrogens with zero attached hydrogens (tertiary/aromatic N) is 1. The molecule has 3 heteroatoms. The Bertz CT molecular complexity index is 168. The monoisotopic (exact) mass is 170 g/mol. The van der Waals surface area contributed by atoms with Crippen molar-refractivity contribution in [3.8, 4) is 0 Å². The zero-order chi connectivity index (χ0) is 9.14. The van der Waals surface area contributed by atoms with Gasteiger partial charge in [-0.15, -0.1) is 0 Å². The van der Waals surface area contributed by atoms with Gasteiger partial charge in [0.25, 0.3) is 0 Å². The van der Waals surface area contributed by atoms with E-state index in [1.807, 2.05) is 11.8 Å². The van der Waals surface area contributed by atoms with E-state index in [1.54, 1.807) is 0 Å². The van der Waals surface area contributed by atoms with Crippen LogP contribution in [0.15, 0.2) is 0 Å². The van der Waals surface area contributed by atoms with Crippen LogP contribution in [0.3, 0.4) is 0 Å². The second kappa shape index (κ2) is 3.90. The lowest BCUT2D eigenvalue weighted by molar-refractivity contribution is -0.130. The third kappa shape index (κ3) is 1.78. The fourth-order valence-corrected chi connectivity index (χ4v) is 1.94. The Hall–Kier alpha value is -0.570. The summed E-state index contributed by atoms with van der Waals surface area (Å²) in [5.41, 5.74) is 5.71. The first-order valence-corrected chi connectivity index (χ1v) is 4.73. The molecule has 1 aliphatic rings. The van der Waals surface area contributed by atoms with Crippen molar-refractivity contribution in [3.05, 3.63) is 0 Å². The van der Waals surface area contributed by atoms with E-state index in [0.717, 1.165) is 19.3 Å². The fraction of sp³-hybridized carbons (Fsp3) is 0.889. The van der Waals surface area contributed by atoms with Gasteiger partial charge >= 0.3 is 0 Å². The van der Waals surface area contributed by atoms with Crippen LogP contribution in [0.2, 0.25) is 0 Å². The predicted octanol–water partition coefficient (Wildman–Crippen LogP) is 1.08. The van der Waals surface area contributed by atoms with E-state index in [1.165, 1.54) is 0 Å². The van der Waals surface area contributed by atoms with Crippen molar-refractivity contribution in [2.24, 2.45) is 5.73 Å². The Kier molecular flexibility index (Phi) is 3.09. The molecule has 3 nitrogen and oxygen atoms in total. The van der Waals surface area contributed by atoms with E-state index >= 15 is 0 Å². The molecule has 0 saturated carbocycles. The van der Waals surface area contributed by atoms with Crippen molar-refractivity contribution in [1.82, 2.24) is 4.90 Å². The quantitative estimate of drug-likeness (QED) is 0.689. The minimum Gasteiger partial charge on any atom is -0.325 e. The van der Waals surface area contributed by atoms with Gasteiger partial charge in [-0.05, 0) is 19.8 Å². The maximum absolute atomic E-state index is 11.3. The van der Waals surface area contributed by atoms with E-state index in [4.69, 9.17) is 5.73 Å². The Labute approximate surface area is 73.9 Å². The topological polar surface area (TPSA) is 46.3 Å². The minimum absolute atomic E-state index is 0.114. The summed E-state index contributed by atoms with van der Waals surface area (Å²) in [5.74, 6) is 0.225. The molecule has 0 spiro atoms. The van der Waals surface area contributed by atoms with Crippen molar-refractivity contribution in [2.75, 3.05) is 0 Å². The van der Waals surface area contributed by atoms with Crippen LogP contribution < -0.4 is 5.73 Å². The standard InChI is InChI=1S/C9H18N2O/c1-3-4-8-5-6-9(12)11(8)7(2)10/h7-8H,3-6,10H2,1-2H3. The van der Waals surface area contributed by atoms with Crippen molar-refractivity contribution in [2.45, 2.75) is 51.7 Å². The highest BCUT2D eigenvalue weighted by molar-refractivity contribution is 5.79. The Morgan fingerprint density at radius 3 is 2.92 bits per heavy atom. The zero-order valence-electron chi connectivity index (χ0n) is 7.92. The summed E-state index contributed by atoms with van der Waals surface area (Å²) in [6.07, 6.45) is 3.78. The van der Waals surface area contributed by atoms with Crippen LogP contribution in [-0.2, 0) is 4.79 Å². The molecular formula is C9H18N2O. The normalized spacial score (nSPS) is 26.4. The molecule has 2 N–H and O–H groups in total. The van der Waals surface area contributed by atoms with Gasteiger partial charge in [0.2, 0.25) is 5.91 Å². The van der Waals surface area contributed by atoms with Gasteiger partial charge in [0.1, 0.15) is 0 Å². The molecule has 2 atom stereocenters. The summed E-state index contributed by atoms with van der Waals surface area (Å²) in [6.45, 7) is 4.02. The van der Waals surface area contributed by atoms with Gasteiger partial charge in [-0.1, -0.05) is 13.3 Å². The number of carbonyl (C=O) groups is 1. The number of likely N-dealkylation sites (tertiary alicyclic amines) is 1. The molecule has 70 valence electrons. The van der Waals surface area contributed by atoms with Gasteiger partial charge in [-0.3, -0.25) is 4.79 Å². The molecule has 1 fully saturated rings. The van der Waals surface area contributed by atoms with Gasteiger partial charge in [-0.25, -0.2) is 0 Å². The summed E-state index contributed by atoms with van der Waals surface area (Å²) >= 11 is 0. The van der Waals surface area contributed by atoms with E-state index < -0.39 is 0 Å². The van der Waals surface area contributed by atoms with Gasteiger partial charge < -0.3 is 10.6 Å². The van der Waals surface area contributed by atoms with Crippen molar-refractivity contribution < 1.29 is 4.79 Å². The van der Waals surface area contributed by atoms with E-state index in [9.17, 15) is 4.79 Å². The molecule has 1 saturated heterocycles. The first-order valence-electron chi connectivity index (χ1n) is 4.73. The fourth-order valence-electron chi connectivity index (χ4n) is 1.94. The van der Waals surface area contributed by atoms with E-state index in [2.05, 4.69) is 6.92 Å².